The number of unbranched alkanes of at least 4 members (excludes halogenated alkanes) is 5. The van der Waals surface area contributed by atoms with Crippen LogP contribution in [-0.2, 0) is 33.3 Å². The number of ether oxygens (including phenoxy) is 5. The van der Waals surface area contributed by atoms with Gasteiger partial charge in [-0.2, -0.15) is 0 Å². The first-order valence-electron chi connectivity index (χ1n) is 27.6. The Morgan fingerprint density at radius 1 is 0.667 bits per heavy atom. The highest BCUT2D eigenvalue weighted by molar-refractivity contribution is 5.79. The summed E-state index contributed by atoms with van der Waals surface area (Å²) < 4.78 is 29.4. The van der Waals surface area contributed by atoms with Crippen molar-refractivity contribution in [1.29, 1.82) is 0 Å². The number of methoxy groups -OCH3 is 1. The maximum Gasteiger partial charge on any atom is 0.327 e. The minimum absolute atomic E-state index is 0.0180. The Morgan fingerprint density at radius 3 is 1.58 bits per heavy atom. The van der Waals surface area contributed by atoms with Crippen molar-refractivity contribution < 1.29 is 48.6 Å². The number of carboxylic acid groups (broad SMARTS) is 1. The molecule has 0 amide bonds. The lowest BCUT2D eigenvalue weighted by molar-refractivity contribution is -0.186. The van der Waals surface area contributed by atoms with Gasteiger partial charge in [0, 0.05) is 50.4 Å². The molecular weight excluding hydrogens is 869 g/mol. The average molecular weight is 961 g/mol. The lowest BCUT2D eigenvalue weighted by atomic mass is 9.85. The van der Waals surface area contributed by atoms with Crippen LogP contribution in [-0.4, -0.2) is 84.6 Å². The van der Waals surface area contributed by atoms with Crippen molar-refractivity contribution in [3.63, 3.8) is 0 Å². The minimum Gasteiger partial charge on any atom is -0.478 e. The van der Waals surface area contributed by atoms with Crippen LogP contribution in [0.25, 0.3) is 0 Å². The fourth-order valence-electron chi connectivity index (χ4n) is 10.8. The summed E-state index contributed by atoms with van der Waals surface area (Å²) in [6.45, 7) is 10.5. The van der Waals surface area contributed by atoms with Crippen LogP contribution in [0.4, 0.5) is 0 Å². The number of aliphatic hydroxyl groups excluding tert-OH is 2. The summed E-state index contributed by atoms with van der Waals surface area (Å²) in [6.07, 6.45) is 35.3. The quantitative estimate of drug-likeness (QED) is 0.0266. The van der Waals surface area contributed by atoms with E-state index in [0.29, 0.717) is 53.8 Å². The monoisotopic (exact) mass is 961 g/mol. The number of hydrogen-bond donors (Lipinski definition) is 3. The summed E-state index contributed by atoms with van der Waals surface area (Å²) in [5, 5.41) is 30.2. The summed E-state index contributed by atoms with van der Waals surface area (Å²) in [6, 6.07) is 0. The zero-order valence-electron chi connectivity index (χ0n) is 43.3. The first-order chi connectivity index (χ1) is 33.4. The lowest BCUT2D eigenvalue weighted by Gasteiger charge is -2.29. The SMILES string of the molecule is COC(=O)CCCCCC[C@@H]1[C@@H](/C=C/[C@@H](OC2CCCCO2)[C@@H](C)CC#CC2CC2)[C@H](C)C[C@@H]1O.C[C@@H]1C[C@H](O)[C@H](CCCC/C=C/C(=O)O)[C@H]1/C=C/[C@@H](OC1CCCCO1)[C@@H](C)CC#CC1CC1. The Kier molecular flexibility index (Phi) is 26.0. The molecule has 0 aromatic rings. The van der Waals surface area contributed by atoms with Gasteiger partial charge in [0.1, 0.15) is 0 Å². The number of rotatable bonds is 25. The van der Waals surface area contributed by atoms with Crippen LogP contribution in [0.3, 0.4) is 0 Å². The van der Waals surface area contributed by atoms with Crippen molar-refractivity contribution >= 4 is 11.9 Å². The topological polar surface area (TPSA) is 141 Å². The van der Waals surface area contributed by atoms with E-state index < -0.39 is 5.97 Å². The number of esters is 1. The van der Waals surface area contributed by atoms with Crippen molar-refractivity contribution in [1.82, 2.24) is 0 Å². The first kappa shape index (κ1) is 56.9. The highest BCUT2D eigenvalue weighted by Crippen LogP contribution is 2.43. The third-order valence-electron chi connectivity index (χ3n) is 15.5. The van der Waals surface area contributed by atoms with Gasteiger partial charge >= 0.3 is 11.9 Å². The van der Waals surface area contributed by atoms with E-state index in [-0.39, 0.29) is 54.8 Å². The minimum atomic E-state index is -0.895. The number of aliphatic hydroxyl groups is 2. The highest BCUT2D eigenvalue weighted by atomic mass is 16.7. The molecule has 0 radical (unpaired) electrons. The van der Waals surface area contributed by atoms with Gasteiger partial charge in [-0.25, -0.2) is 4.79 Å². The molecule has 388 valence electrons. The molecule has 6 fully saturated rings. The summed E-state index contributed by atoms with van der Waals surface area (Å²) in [7, 11) is 1.44. The van der Waals surface area contributed by atoms with Crippen LogP contribution in [0.5, 0.6) is 0 Å². The zero-order chi connectivity index (χ0) is 49.4. The van der Waals surface area contributed by atoms with Crippen LogP contribution in [0, 0.1) is 82.9 Å². The Balaban J connectivity index is 0.000000258. The second-order valence-corrected chi connectivity index (χ2v) is 21.7. The van der Waals surface area contributed by atoms with E-state index in [0.717, 1.165) is 135 Å². The van der Waals surface area contributed by atoms with Crippen molar-refractivity contribution in [3.8, 4) is 23.7 Å². The van der Waals surface area contributed by atoms with Crippen LogP contribution in [0.1, 0.15) is 182 Å². The van der Waals surface area contributed by atoms with Gasteiger partial charge in [0.2, 0.25) is 0 Å². The average Bonchev–Trinajstić information content (AvgIpc) is 4.28. The molecule has 2 aliphatic heterocycles. The van der Waals surface area contributed by atoms with Crippen molar-refractivity contribution in [3.05, 3.63) is 36.5 Å². The van der Waals surface area contributed by atoms with Gasteiger partial charge in [0.15, 0.2) is 12.6 Å². The molecule has 0 aromatic heterocycles. The standard InChI is InChI=1S/C30H48O5.C29H44O5/c1-22(11-10-12-24-16-17-24)28(35-30-15-8-9-20-34-30)19-18-25-23(2)21-27(31)26(25)13-6-4-5-7-14-29(32)33-3;1-21(10-9-11-23-15-16-23)27(34-29-14-7-8-19-33-29)18-17-24-22(2)20-26(30)25(24)12-5-3-4-6-13-28(31)32/h18-19,22-28,30-31H,4-9,11,13-17,20-21H2,1-3H3;6,13,17-18,21-27,29-30H,3-5,7-8,10,12,14-16,19-20H2,1-2H3,(H,31,32)/b19-18+;13-6+,18-17+/t22-,23+,25-,26+,27-,28+,30?;21-,22+,24-,25+,26-,27+,29?/m00/s1. The van der Waals surface area contributed by atoms with E-state index in [9.17, 15) is 19.8 Å². The number of hydrogen-bond acceptors (Lipinski definition) is 9. The Morgan fingerprint density at radius 2 is 1.14 bits per heavy atom. The molecule has 4 saturated carbocycles. The molecule has 2 unspecified atom stereocenters. The third-order valence-corrected chi connectivity index (χ3v) is 15.5. The smallest absolute Gasteiger partial charge is 0.327 e. The predicted molar refractivity (Wildman–Crippen MR) is 272 cm³/mol. The van der Waals surface area contributed by atoms with E-state index in [4.69, 9.17) is 28.8 Å². The van der Waals surface area contributed by atoms with Gasteiger partial charge < -0.3 is 39.0 Å². The van der Waals surface area contributed by atoms with E-state index in [1.165, 1.54) is 38.9 Å². The van der Waals surface area contributed by atoms with Gasteiger partial charge in [-0.05, 0) is 156 Å². The molecule has 69 heavy (non-hydrogen) atoms. The molecule has 14 atom stereocenters. The molecule has 4 aliphatic carbocycles. The van der Waals surface area contributed by atoms with Crippen LogP contribution < -0.4 is 0 Å². The summed E-state index contributed by atoms with van der Waals surface area (Å²) in [5.41, 5.74) is 0. The van der Waals surface area contributed by atoms with Crippen LogP contribution in [0.2, 0.25) is 0 Å². The molecule has 2 heterocycles. The maximum absolute atomic E-state index is 11.3. The van der Waals surface area contributed by atoms with Crippen LogP contribution in [0.15, 0.2) is 36.5 Å². The van der Waals surface area contributed by atoms with Gasteiger partial charge in [-0.15, -0.1) is 11.8 Å². The first-order valence-corrected chi connectivity index (χ1v) is 27.6. The third kappa shape index (κ3) is 21.7. The van der Waals surface area contributed by atoms with E-state index in [2.05, 4.69) is 75.7 Å². The van der Waals surface area contributed by atoms with E-state index >= 15 is 0 Å². The normalized spacial score (nSPS) is 31.0. The Hall–Kier alpha value is -2.96. The fraction of sp³-hybridized carbons (Fsp3) is 0.797. The molecule has 6 aliphatic rings. The molecular formula is C59H92O10. The van der Waals surface area contributed by atoms with Gasteiger partial charge in [-0.3, -0.25) is 4.79 Å². The predicted octanol–water partition coefficient (Wildman–Crippen LogP) is 11.8. The Labute approximate surface area is 417 Å². The van der Waals surface area contributed by atoms with Crippen LogP contribution >= 0.6 is 0 Å². The summed E-state index contributed by atoms with van der Waals surface area (Å²) in [5.74, 6) is 16.5. The molecule has 6 rings (SSSR count). The zero-order valence-corrected chi connectivity index (χ0v) is 43.3. The molecule has 0 aromatic carbocycles. The number of carboxylic acids is 1. The highest BCUT2D eigenvalue weighted by Gasteiger charge is 2.40. The maximum atomic E-state index is 11.3. The van der Waals surface area contributed by atoms with E-state index in [1.807, 2.05) is 0 Å². The molecule has 10 heteroatoms. The van der Waals surface area contributed by atoms with Crippen molar-refractivity contribution in [2.24, 2.45) is 59.2 Å². The van der Waals surface area contributed by atoms with Crippen molar-refractivity contribution in [2.45, 2.75) is 219 Å². The number of carbonyl (C=O) groups is 2. The lowest BCUT2D eigenvalue weighted by Crippen LogP contribution is -2.30. The van der Waals surface area contributed by atoms with Gasteiger partial charge in [0.05, 0.1) is 31.5 Å². The molecule has 0 bridgehead atoms. The Bertz CT molecular complexity index is 1700. The molecule has 0 spiro atoms. The van der Waals surface area contributed by atoms with Crippen molar-refractivity contribution in [2.75, 3.05) is 20.3 Å². The molecule has 3 N–H and O–H groups in total. The second kappa shape index (κ2) is 31.5. The number of carbonyl (C=O) groups excluding carboxylic acids is 1. The summed E-state index contributed by atoms with van der Waals surface area (Å²) >= 11 is 0. The fourth-order valence-corrected chi connectivity index (χ4v) is 10.8. The largest absolute Gasteiger partial charge is 0.478 e. The van der Waals surface area contributed by atoms with Gasteiger partial charge in [0.25, 0.3) is 0 Å². The number of allylic oxidation sites excluding steroid dienone is 3. The molecule has 10 nitrogen and oxygen atoms in total. The second-order valence-electron chi connectivity index (χ2n) is 21.7. The number of aliphatic carboxylic acids is 1. The summed E-state index contributed by atoms with van der Waals surface area (Å²) in [4.78, 5) is 21.9. The molecule has 2 saturated heterocycles. The van der Waals surface area contributed by atoms with Gasteiger partial charge in [-0.1, -0.05) is 95.6 Å². The van der Waals surface area contributed by atoms with E-state index in [1.54, 1.807) is 6.08 Å².